The number of rotatable bonds is 5. The van der Waals surface area contributed by atoms with Gasteiger partial charge >= 0.3 is 0 Å². The lowest BCUT2D eigenvalue weighted by Gasteiger charge is -2.26. The normalized spacial score (nSPS) is 18.6. The molecule has 2 heterocycles. The minimum Gasteiger partial charge on any atom is -0.265 e. The van der Waals surface area contributed by atoms with Gasteiger partial charge in [0.1, 0.15) is 5.82 Å². The zero-order valence-electron chi connectivity index (χ0n) is 15.6. The van der Waals surface area contributed by atoms with Gasteiger partial charge in [0.15, 0.2) is 5.54 Å². The molecule has 0 saturated heterocycles. The molecule has 0 aliphatic carbocycles. The van der Waals surface area contributed by atoms with Gasteiger partial charge in [-0.1, -0.05) is 54.1 Å². The summed E-state index contributed by atoms with van der Waals surface area (Å²) in [5, 5.41) is 8.67. The molecular formula is C24H20FN3. The van der Waals surface area contributed by atoms with Crippen molar-refractivity contribution in [2.45, 2.75) is 18.9 Å². The van der Waals surface area contributed by atoms with Crippen LogP contribution in [0, 0.1) is 12.7 Å². The molecule has 1 unspecified atom stereocenters. The summed E-state index contributed by atoms with van der Waals surface area (Å²) in [6.07, 6.45) is 9.88. The monoisotopic (exact) mass is 369 g/mol. The Labute approximate surface area is 164 Å². The Balaban J connectivity index is 1.77. The third-order valence-corrected chi connectivity index (χ3v) is 4.88. The lowest BCUT2D eigenvalue weighted by Crippen LogP contribution is -2.22. The van der Waals surface area contributed by atoms with E-state index in [1.165, 1.54) is 17.2 Å². The summed E-state index contributed by atoms with van der Waals surface area (Å²) in [4.78, 5) is 4.08. The topological polar surface area (TPSA) is 37.6 Å². The second kappa shape index (κ2) is 7.69. The Kier molecular flexibility index (Phi) is 4.94. The molecule has 3 nitrogen and oxygen atoms in total. The van der Waals surface area contributed by atoms with Crippen LogP contribution in [0.2, 0.25) is 0 Å². The van der Waals surface area contributed by atoms with E-state index in [1.807, 2.05) is 36.4 Å². The summed E-state index contributed by atoms with van der Waals surface area (Å²) < 4.78 is 14.8. The molecule has 4 heteroatoms. The van der Waals surface area contributed by atoms with E-state index in [1.54, 1.807) is 30.7 Å². The largest absolute Gasteiger partial charge is 0.265 e. The fourth-order valence-electron chi connectivity index (χ4n) is 3.54. The molecule has 4 rings (SSSR count). The zero-order chi connectivity index (χ0) is 19.4. The number of aryl methyl sites for hydroxylation is 1. The lowest BCUT2D eigenvalue weighted by atomic mass is 9.80. The molecule has 0 fully saturated rings. The van der Waals surface area contributed by atoms with Gasteiger partial charge in [0.05, 0.1) is 6.20 Å². The number of azo groups is 1. The van der Waals surface area contributed by atoms with Gasteiger partial charge in [-0.3, -0.25) is 4.98 Å². The van der Waals surface area contributed by atoms with Crippen LogP contribution in [0.5, 0.6) is 0 Å². The molecule has 0 radical (unpaired) electrons. The van der Waals surface area contributed by atoms with Crippen molar-refractivity contribution in [3.63, 3.8) is 0 Å². The summed E-state index contributed by atoms with van der Waals surface area (Å²) in [6.45, 7) is 2.07. The smallest absolute Gasteiger partial charge is 0.155 e. The van der Waals surface area contributed by atoms with E-state index in [9.17, 15) is 4.39 Å². The molecule has 1 atom stereocenters. The molecular weight excluding hydrogens is 349 g/mol. The molecule has 138 valence electrons. The molecule has 2 aromatic carbocycles. The third kappa shape index (κ3) is 3.41. The maximum Gasteiger partial charge on any atom is 0.155 e. The molecule has 28 heavy (non-hydrogen) atoms. The first-order valence-corrected chi connectivity index (χ1v) is 9.20. The van der Waals surface area contributed by atoms with E-state index in [4.69, 9.17) is 0 Å². The summed E-state index contributed by atoms with van der Waals surface area (Å²) in [7, 11) is 0. The molecule has 1 aliphatic rings. The van der Waals surface area contributed by atoms with Crippen LogP contribution >= 0.6 is 0 Å². The Bertz CT molecular complexity index is 1070. The molecule has 0 N–H and O–H groups in total. The van der Waals surface area contributed by atoms with Crippen molar-refractivity contribution in [1.82, 2.24) is 4.98 Å². The lowest BCUT2D eigenvalue weighted by molar-refractivity contribution is 0.575. The highest BCUT2D eigenvalue weighted by Crippen LogP contribution is 2.45. The zero-order valence-corrected chi connectivity index (χ0v) is 15.6. The van der Waals surface area contributed by atoms with Gasteiger partial charge in [-0.2, -0.15) is 10.2 Å². The predicted octanol–water partition coefficient (Wildman–Crippen LogP) is 6.03. The minimum absolute atomic E-state index is 0.302. The van der Waals surface area contributed by atoms with Gasteiger partial charge in [-0.15, -0.1) is 0 Å². The minimum atomic E-state index is -0.990. The van der Waals surface area contributed by atoms with Crippen molar-refractivity contribution >= 4 is 5.57 Å². The van der Waals surface area contributed by atoms with E-state index < -0.39 is 5.54 Å². The Morgan fingerprint density at radius 3 is 2.61 bits per heavy atom. The SMILES string of the molecule is Cc1cccc(CC=CC2(c3ccccc3F)N=NC=C2c2ccncc2)c1. The van der Waals surface area contributed by atoms with Crippen molar-refractivity contribution in [2.75, 3.05) is 0 Å². The average molecular weight is 369 g/mol. The Hall–Kier alpha value is -3.40. The first kappa shape index (κ1) is 18.0. The molecule has 0 spiro atoms. The number of aromatic nitrogens is 1. The van der Waals surface area contributed by atoms with Gasteiger partial charge in [0.2, 0.25) is 0 Å². The summed E-state index contributed by atoms with van der Waals surface area (Å²) >= 11 is 0. The van der Waals surface area contributed by atoms with Gasteiger partial charge in [-0.05, 0) is 48.7 Å². The highest BCUT2D eigenvalue weighted by molar-refractivity contribution is 5.78. The standard InChI is InChI=1S/C24H20FN3/c1-18-6-4-7-19(16-18)8-5-13-24(21-9-2-3-10-23(21)25)22(17-27-28-24)20-11-14-26-15-12-20/h2-7,9-17H,8H2,1H3. The molecule has 0 bridgehead atoms. The van der Waals surface area contributed by atoms with Gasteiger partial charge in [0, 0.05) is 23.5 Å². The quantitative estimate of drug-likeness (QED) is 0.506. The van der Waals surface area contributed by atoms with E-state index in [0.29, 0.717) is 5.56 Å². The van der Waals surface area contributed by atoms with Crippen LogP contribution in [0.4, 0.5) is 4.39 Å². The fourth-order valence-corrected chi connectivity index (χ4v) is 3.54. The second-order valence-corrected chi connectivity index (χ2v) is 6.84. The second-order valence-electron chi connectivity index (χ2n) is 6.84. The maximum absolute atomic E-state index is 14.8. The third-order valence-electron chi connectivity index (χ3n) is 4.88. The Morgan fingerprint density at radius 1 is 1.00 bits per heavy atom. The number of hydrogen-bond acceptors (Lipinski definition) is 3. The van der Waals surface area contributed by atoms with Crippen molar-refractivity contribution in [3.8, 4) is 0 Å². The highest BCUT2D eigenvalue weighted by Gasteiger charge is 2.39. The summed E-state index contributed by atoms with van der Waals surface area (Å²) in [6, 6.07) is 18.9. The van der Waals surface area contributed by atoms with Crippen molar-refractivity contribution in [1.29, 1.82) is 0 Å². The van der Waals surface area contributed by atoms with E-state index in [2.05, 4.69) is 40.3 Å². The molecule has 0 saturated carbocycles. The summed E-state index contributed by atoms with van der Waals surface area (Å²) in [5.41, 5.74) is 3.66. The molecule has 0 amide bonds. The van der Waals surface area contributed by atoms with E-state index in [-0.39, 0.29) is 5.82 Å². The van der Waals surface area contributed by atoms with Gasteiger partial charge in [-0.25, -0.2) is 4.39 Å². The van der Waals surface area contributed by atoms with Crippen molar-refractivity contribution < 1.29 is 4.39 Å². The predicted molar refractivity (Wildman–Crippen MR) is 109 cm³/mol. The maximum atomic E-state index is 14.8. The van der Waals surface area contributed by atoms with E-state index in [0.717, 1.165) is 17.6 Å². The summed E-state index contributed by atoms with van der Waals surface area (Å²) in [5.74, 6) is -0.302. The van der Waals surface area contributed by atoms with Crippen LogP contribution in [-0.2, 0) is 12.0 Å². The number of pyridine rings is 1. The van der Waals surface area contributed by atoms with Crippen LogP contribution in [0.3, 0.4) is 0 Å². The molecule has 1 aromatic heterocycles. The van der Waals surface area contributed by atoms with Gasteiger partial charge < -0.3 is 0 Å². The van der Waals surface area contributed by atoms with Crippen LogP contribution in [-0.4, -0.2) is 4.98 Å². The van der Waals surface area contributed by atoms with Crippen LogP contribution in [0.1, 0.15) is 22.3 Å². The fraction of sp³-hybridized carbons (Fsp3) is 0.125. The average Bonchev–Trinajstić information content (AvgIpc) is 3.14. The number of allylic oxidation sites excluding steroid dienone is 1. The van der Waals surface area contributed by atoms with Crippen LogP contribution < -0.4 is 0 Å². The number of halogens is 1. The Morgan fingerprint density at radius 2 is 1.82 bits per heavy atom. The number of hydrogen-bond donors (Lipinski definition) is 0. The molecule has 1 aliphatic heterocycles. The number of benzene rings is 2. The molecule has 3 aromatic rings. The van der Waals surface area contributed by atoms with Crippen LogP contribution in [0.25, 0.3) is 5.57 Å². The first-order valence-electron chi connectivity index (χ1n) is 9.20. The first-order chi connectivity index (χ1) is 13.7. The highest BCUT2D eigenvalue weighted by atomic mass is 19.1. The van der Waals surface area contributed by atoms with Crippen LogP contribution in [0.15, 0.2) is 102 Å². The van der Waals surface area contributed by atoms with Crippen molar-refractivity contribution in [2.24, 2.45) is 10.2 Å². The van der Waals surface area contributed by atoms with Gasteiger partial charge in [0.25, 0.3) is 0 Å². The number of nitrogens with zero attached hydrogens (tertiary/aromatic N) is 3. The van der Waals surface area contributed by atoms with Crippen molar-refractivity contribution in [3.05, 3.63) is 119 Å². The van der Waals surface area contributed by atoms with E-state index >= 15 is 0 Å².